The van der Waals surface area contributed by atoms with Crippen LogP contribution in [0.3, 0.4) is 0 Å². The third kappa shape index (κ3) is 2.97. The van der Waals surface area contributed by atoms with E-state index in [0.717, 1.165) is 31.7 Å². The fourth-order valence-corrected chi connectivity index (χ4v) is 2.00. The second-order valence-electron chi connectivity index (χ2n) is 4.45. The molecule has 16 heavy (non-hydrogen) atoms. The summed E-state index contributed by atoms with van der Waals surface area (Å²) in [7, 11) is 0. The normalized spacial score (nSPS) is 22.2. The molecule has 1 saturated heterocycles. The summed E-state index contributed by atoms with van der Waals surface area (Å²) in [4.78, 5) is 0. The van der Waals surface area contributed by atoms with Crippen LogP contribution in [-0.2, 0) is 4.74 Å². The molecule has 1 aromatic carbocycles. The van der Waals surface area contributed by atoms with Gasteiger partial charge in [0.2, 0.25) is 0 Å². The summed E-state index contributed by atoms with van der Waals surface area (Å²) in [5.41, 5.74) is 1.12. The number of hydrogen-bond acceptors (Lipinski definition) is 3. The van der Waals surface area contributed by atoms with Crippen LogP contribution < -0.4 is 5.32 Å². The maximum absolute atomic E-state index is 9.39. The van der Waals surface area contributed by atoms with Gasteiger partial charge in [0.15, 0.2) is 0 Å². The predicted molar refractivity (Wildman–Crippen MR) is 63.5 cm³/mol. The van der Waals surface area contributed by atoms with E-state index in [1.54, 1.807) is 6.07 Å². The second-order valence-corrected chi connectivity index (χ2v) is 4.45. The van der Waals surface area contributed by atoms with Crippen molar-refractivity contribution in [2.75, 3.05) is 19.8 Å². The molecule has 2 atom stereocenters. The first-order valence-electron chi connectivity index (χ1n) is 5.86. The van der Waals surface area contributed by atoms with Crippen LogP contribution in [0.4, 0.5) is 0 Å². The molecule has 0 bridgehead atoms. The van der Waals surface area contributed by atoms with Gasteiger partial charge >= 0.3 is 0 Å². The smallest absolute Gasteiger partial charge is 0.115 e. The number of rotatable bonds is 4. The van der Waals surface area contributed by atoms with Crippen LogP contribution >= 0.6 is 0 Å². The monoisotopic (exact) mass is 221 g/mol. The molecular formula is C13H19NO2. The Morgan fingerprint density at radius 3 is 3.12 bits per heavy atom. The van der Waals surface area contributed by atoms with Gasteiger partial charge in [-0.3, -0.25) is 0 Å². The average Bonchev–Trinajstić information content (AvgIpc) is 2.78. The molecular weight excluding hydrogens is 202 g/mol. The molecule has 1 aliphatic heterocycles. The van der Waals surface area contributed by atoms with Gasteiger partial charge in [-0.25, -0.2) is 0 Å². The van der Waals surface area contributed by atoms with E-state index >= 15 is 0 Å². The largest absolute Gasteiger partial charge is 0.508 e. The molecule has 1 aliphatic rings. The highest BCUT2D eigenvalue weighted by Gasteiger charge is 2.16. The molecule has 2 unspecified atom stereocenters. The number of aromatic hydroxyl groups is 1. The topological polar surface area (TPSA) is 41.5 Å². The molecule has 0 aromatic heterocycles. The Bertz CT molecular complexity index is 334. The molecule has 3 nitrogen and oxygen atoms in total. The molecule has 0 amide bonds. The Hall–Kier alpha value is -1.06. The molecule has 88 valence electrons. The first kappa shape index (κ1) is 11.4. The van der Waals surface area contributed by atoms with Crippen LogP contribution in [-0.4, -0.2) is 24.9 Å². The van der Waals surface area contributed by atoms with Crippen molar-refractivity contribution in [3.05, 3.63) is 29.8 Å². The number of ether oxygens (including phenoxy) is 1. The van der Waals surface area contributed by atoms with Gasteiger partial charge in [0, 0.05) is 19.2 Å². The lowest BCUT2D eigenvalue weighted by molar-refractivity contribution is 0.184. The Labute approximate surface area is 96.4 Å². The van der Waals surface area contributed by atoms with E-state index in [4.69, 9.17) is 4.74 Å². The lowest BCUT2D eigenvalue weighted by Gasteiger charge is -2.16. The predicted octanol–water partition coefficient (Wildman–Crippen LogP) is 2.08. The molecule has 2 rings (SSSR count). The van der Waals surface area contributed by atoms with Crippen molar-refractivity contribution in [2.24, 2.45) is 5.92 Å². The first-order chi connectivity index (χ1) is 7.75. The maximum atomic E-state index is 9.39. The van der Waals surface area contributed by atoms with Crippen molar-refractivity contribution >= 4 is 0 Å². The van der Waals surface area contributed by atoms with Gasteiger partial charge in [0.1, 0.15) is 5.75 Å². The zero-order valence-electron chi connectivity index (χ0n) is 9.65. The summed E-state index contributed by atoms with van der Waals surface area (Å²) in [6.45, 7) is 4.87. The molecule has 0 spiro atoms. The molecule has 0 aliphatic carbocycles. The number of benzene rings is 1. The van der Waals surface area contributed by atoms with Crippen LogP contribution in [0.25, 0.3) is 0 Å². The van der Waals surface area contributed by atoms with E-state index < -0.39 is 0 Å². The molecule has 2 N–H and O–H groups in total. The summed E-state index contributed by atoms with van der Waals surface area (Å²) in [6, 6.07) is 7.68. The van der Waals surface area contributed by atoms with Crippen LogP contribution in [0.2, 0.25) is 0 Å². The minimum atomic E-state index is 0.271. The summed E-state index contributed by atoms with van der Waals surface area (Å²) < 4.78 is 5.33. The number of phenolic OH excluding ortho intramolecular Hbond substituents is 1. The van der Waals surface area contributed by atoms with E-state index in [9.17, 15) is 5.11 Å². The molecule has 1 heterocycles. The average molecular weight is 221 g/mol. The highest BCUT2D eigenvalue weighted by Crippen LogP contribution is 2.19. The third-order valence-corrected chi connectivity index (χ3v) is 3.11. The van der Waals surface area contributed by atoms with Gasteiger partial charge < -0.3 is 15.2 Å². The van der Waals surface area contributed by atoms with Crippen molar-refractivity contribution in [3.63, 3.8) is 0 Å². The summed E-state index contributed by atoms with van der Waals surface area (Å²) in [6.07, 6.45) is 1.15. The second kappa shape index (κ2) is 5.32. The van der Waals surface area contributed by atoms with Crippen LogP contribution in [0, 0.1) is 5.92 Å². The van der Waals surface area contributed by atoms with Crippen LogP contribution in [0.15, 0.2) is 24.3 Å². The van der Waals surface area contributed by atoms with E-state index in [0.29, 0.717) is 11.7 Å². The van der Waals surface area contributed by atoms with E-state index in [2.05, 4.69) is 12.2 Å². The Morgan fingerprint density at radius 1 is 1.56 bits per heavy atom. The van der Waals surface area contributed by atoms with Gasteiger partial charge in [-0.1, -0.05) is 12.1 Å². The van der Waals surface area contributed by atoms with E-state index in [1.807, 2.05) is 18.2 Å². The molecule has 0 saturated carbocycles. The third-order valence-electron chi connectivity index (χ3n) is 3.11. The summed E-state index contributed by atoms with van der Waals surface area (Å²) in [5.74, 6) is 0.968. The van der Waals surface area contributed by atoms with E-state index in [1.165, 1.54) is 0 Å². The molecule has 0 radical (unpaired) electrons. The van der Waals surface area contributed by atoms with Crippen molar-refractivity contribution < 1.29 is 9.84 Å². The standard InChI is InChI=1S/C13H19NO2/c1-10(12-3-2-4-13(15)7-12)14-8-11-5-6-16-9-11/h2-4,7,10-11,14-15H,5-6,8-9H2,1H3. The van der Waals surface area contributed by atoms with Crippen molar-refractivity contribution in [1.82, 2.24) is 5.32 Å². The lowest BCUT2D eigenvalue weighted by Crippen LogP contribution is -2.25. The van der Waals surface area contributed by atoms with Crippen LogP contribution in [0.5, 0.6) is 5.75 Å². The Balaban J connectivity index is 1.85. The van der Waals surface area contributed by atoms with Crippen LogP contribution in [0.1, 0.15) is 24.9 Å². The highest BCUT2D eigenvalue weighted by molar-refractivity contribution is 5.28. The summed E-state index contributed by atoms with van der Waals surface area (Å²) >= 11 is 0. The fourth-order valence-electron chi connectivity index (χ4n) is 2.00. The maximum Gasteiger partial charge on any atom is 0.115 e. The van der Waals surface area contributed by atoms with Gasteiger partial charge in [0.25, 0.3) is 0 Å². The van der Waals surface area contributed by atoms with Crippen molar-refractivity contribution in [1.29, 1.82) is 0 Å². The minimum Gasteiger partial charge on any atom is -0.508 e. The molecule has 3 heteroatoms. The number of nitrogens with one attached hydrogen (secondary N) is 1. The number of phenols is 1. The zero-order chi connectivity index (χ0) is 11.4. The first-order valence-corrected chi connectivity index (χ1v) is 5.86. The van der Waals surface area contributed by atoms with Gasteiger partial charge in [-0.05, 0) is 37.0 Å². The summed E-state index contributed by atoms with van der Waals surface area (Å²) in [5, 5.41) is 12.9. The highest BCUT2D eigenvalue weighted by atomic mass is 16.5. The molecule has 1 fully saturated rings. The van der Waals surface area contributed by atoms with Crippen molar-refractivity contribution in [2.45, 2.75) is 19.4 Å². The van der Waals surface area contributed by atoms with Crippen molar-refractivity contribution in [3.8, 4) is 5.75 Å². The Kier molecular flexibility index (Phi) is 3.80. The molecule has 1 aromatic rings. The lowest BCUT2D eigenvalue weighted by atomic mass is 10.1. The fraction of sp³-hybridized carbons (Fsp3) is 0.538. The Morgan fingerprint density at radius 2 is 2.44 bits per heavy atom. The number of hydrogen-bond donors (Lipinski definition) is 2. The van der Waals surface area contributed by atoms with Gasteiger partial charge in [0.05, 0.1) is 6.61 Å². The van der Waals surface area contributed by atoms with Gasteiger partial charge in [-0.2, -0.15) is 0 Å². The SMILES string of the molecule is CC(NCC1CCOC1)c1cccc(O)c1. The zero-order valence-corrected chi connectivity index (χ0v) is 9.65. The van der Waals surface area contributed by atoms with Gasteiger partial charge in [-0.15, -0.1) is 0 Å². The quantitative estimate of drug-likeness (QED) is 0.818. The van der Waals surface area contributed by atoms with E-state index in [-0.39, 0.29) is 6.04 Å². The minimum absolute atomic E-state index is 0.271.